The normalized spacial score (nSPS) is 30.5. The van der Waals surface area contributed by atoms with Gasteiger partial charge in [0.15, 0.2) is 0 Å². The fourth-order valence-corrected chi connectivity index (χ4v) is 2.21. The third-order valence-electron chi connectivity index (χ3n) is 3.22. The van der Waals surface area contributed by atoms with Crippen molar-refractivity contribution >= 4 is 11.8 Å². The van der Waals surface area contributed by atoms with Gasteiger partial charge in [-0.05, 0) is 25.7 Å². The average molecular weight is 226 g/mol. The molecule has 1 aliphatic carbocycles. The molecule has 1 saturated carbocycles. The molecule has 2 rings (SSSR count). The molecule has 0 aromatic heterocycles. The molecule has 2 fully saturated rings. The molecule has 2 amide bonds. The molecular weight excluding hydrogens is 208 g/mol. The van der Waals surface area contributed by atoms with E-state index in [2.05, 4.69) is 5.32 Å². The van der Waals surface area contributed by atoms with Gasteiger partial charge in [-0.3, -0.25) is 9.59 Å². The van der Waals surface area contributed by atoms with Crippen molar-refractivity contribution in [2.24, 2.45) is 5.92 Å². The average Bonchev–Trinajstić information content (AvgIpc) is 3.05. The van der Waals surface area contributed by atoms with E-state index in [0.717, 1.165) is 12.8 Å². The second-order valence-electron chi connectivity index (χ2n) is 4.54. The first-order valence-corrected chi connectivity index (χ1v) is 5.75. The van der Waals surface area contributed by atoms with Gasteiger partial charge >= 0.3 is 0 Å². The lowest BCUT2D eigenvalue weighted by Gasteiger charge is -2.38. The van der Waals surface area contributed by atoms with Crippen LogP contribution < -0.4 is 5.32 Å². The van der Waals surface area contributed by atoms with Crippen molar-refractivity contribution in [1.82, 2.24) is 10.2 Å². The molecule has 16 heavy (non-hydrogen) atoms. The van der Waals surface area contributed by atoms with Crippen LogP contribution in [0.15, 0.2) is 0 Å². The fourth-order valence-electron chi connectivity index (χ4n) is 2.21. The Hall–Kier alpha value is -1.10. The van der Waals surface area contributed by atoms with Crippen molar-refractivity contribution in [2.45, 2.75) is 31.8 Å². The Morgan fingerprint density at radius 2 is 2.12 bits per heavy atom. The first-order valence-electron chi connectivity index (χ1n) is 5.75. The number of hydrogen-bond acceptors (Lipinski definition) is 3. The summed E-state index contributed by atoms with van der Waals surface area (Å²) in [6.07, 6.45) is 2.09. The lowest BCUT2D eigenvalue weighted by molar-refractivity contribution is -0.150. The summed E-state index contributed by atoms with van der Waals surface area (Å²) in [6.45, 7) is 2.71. The molecule has 2 atom stereocenters. The number of amides is 2. The number of piperazine rings is 1. The summed E-state index contributed by atoms with van der Waals surface area (Å²) >= 11 is 0. The van der Waals surface area contributed by atoms with E-state index in [9.17, 15) is 9.59 Å². The predicted octanol–water partition coefficient (Wildman–Crippen LogP) is -0.242. The standard InChI is InChI=1S/C11H18N2O3/c1-7-11(15)13(5-6-16-2)9(8-3-4-8)10(14)12-7/h7-9H,3-6H2,1-2H3,(H,12,14). The van der Waals surface area contributed by atoms with Crippen molar-refractivity contribution in [3.05, 3.63) is 0 Å². The van der Waals surface area contributed by atoms with Crippen LogP contribution in [0.3, 0.4) is 0 Å². The van der Waals surface area contributed by atoms with Crippen LogP contribution in [0.4, 0.5) is 0 Å². The second kappa shape index (κ2) is 4.41. The molecule has 1 saturated heterocycles. The number of nitrogens with zero attached hydrogens (tertiary/aromatic N) is 1. The zero-order valence-corrected chi connectivity index (χ0v) is 9.73. The molecule has 5 heteroatoms. The minimum atomic E-state index is -0.403. The highest BCUT2D eigenvalue weighted by atomic mass is 16.5. The zero-order valence-electron chi connectivity index (χ0n) is 9.73. The van der Waals surface area contributed by atoms with Gasteiger partial charge in [0.05, 0.1) is 6.61 Å². The summed E-state index contributed by atoms with van der Waals surface area (Å²) in [5, 5.41) is 2.74. The SMILES string of the molecule is COCCN1C(=O)C(C)NC(=O)C1C1CC1. The number of methoxy groups -OCH3 is 1. The lowest BCUT2D eigenvalue weighted by atomic mass is 10.0. The molecule has 2 unspecified atom stereocenters. The molecule has 1 aliphatic heterocycles. The Bertz CT molecular complexity index is 302. The Kier molecular flexibility index (Phi) is 3.14. The van der Waals surface area contributed by atoms with Crippen LogP contribution in [-0.2, 0) is 14.3 Å². The van der Waals surface area contributed by atoms with Crippen LogP contribution in [0.25, 0.3) is 0 Å². The number of hydrogen-bond donors (Lipinski definition) is 1. The first kappa shape index (κ1) is 11.4. The quantitative estimate of drug-likeness (QED) is 0.719. The van der Waals surface area contributed by atoms with Gasteiger partial charge in [0.1, 0.15) is 12.1 Å². The Labute approximate surface area is 95.1 Å². The van der Waals surface area contributed by atoms with E-state index in [1.54, 1.807) is 18.9 Å². The number of ether oxygens (including phenoxy) is 1. The van der Waals surface area contributed by atoms with Crippen LogP contribution in [-0.4, -0.2) is 49.1 Å². The molecular formula is C11H18N2O3. The molecule has 0 aromatic carbocycles. The monoisotopic (exact) mass is 226 g/mol. The second-order valence-corrected chi connectivity index (χ2v) is 4.54. The summed E-state index contributed by atoms with van der Waals surface area (Å²) < 4.78 is 4.99. The summed E-state index contributed by atoms with van der Waals surface area (Å²) in [5.74, 6) is 0.354. The molecule has 5 nitrogen and oxygen atoms in total. The molecule has 1 N–H and O–H groups in total. The fraction of sp³-hybridized carbons (Fsp3) is 0.818. The van der Waals surface area contributed by atoms with E-state index in [4.69, 9.17) is 4.74 Å². The summed E-state index contributed by atoms with van der Waals surface area (Å²) in [7, 11) is 1.60. The molecule has 0 radical (unpaired) electrons. The smallest absolute Gasteiger partial charge is 0.245 e. The van der Waals surface area contributed by atoms with Crippen molar-refractivity contribution < 1.29 is 14.3 Å². The third kappa shape index (κ3) is 2.04. The Balaban J connectivity index is 2.11. The maximum Gasteiger partial charge on any atom is 0.245 e. The van der Waals surface area contributed by atoms with E-state index in [1.165, 1.54) is 0 Å². The zero-order chi connectivity index (χ0) is 11.7. The van der Waals surface area contributed by atoms with Crippen molar-refractivity contribution in [3.63, 3.8) is 0 Å². The minimum Gasteiger partial charge on any atom is -0.383 e. The van der Waals surface area contributed by atoms with Crippen LogP contribution in [0.5, 0.6) is 0 Å². The number of rotatable bonds is 4. The number of carbonyl (C=O) groups is 2. The van der Waals surface area contributed by atoms with Crippen molar-refractivity contribution in [3.8, 4) is 0 Å². The lowest BCUT2D eigenvalue weighted by Crippen LogP contribution is -2.63. The van der Waals surface area contributed by atoms with Crippen LogP contribution in [0, 0.1) is 5.92 Å². The van der Waals surface area contributed by atoms with Gasteiger partial charge in [-0.2, -0.15) is 0 Å². The number of carbonyl (C=O) groups excluding carboxylic acids is 2. The van der Waals surface area contributed by atoms with E-state index in [1.807, 2.05) is 0 Å². The van der Waals surface area contributed by atoms with E-state index >= 15 is 0 Å². The minimum absolute atomic E-state index is 0.00792. The maximum atomic E-state index is 12.0. The van der Waals surface area contributed by atoms with Gasteiger partial charge in [0.2, 0.25) is 11.8 Å². The molecule has 90 valence electrons. The largest absolute Gasteiger partial charge is 0.383 e. The van der Waals surface area contributed by atoms with Crippen molar-refractivity contribution in [1.29, 1.82) is 0 Å². The van der Waals surface area contributed by atoms with Gasteiger partial charge in [-0.15, -0.1) is 0 Å². The van der Waals surface area contributed by atoms with Crippen LogP contribution >= 0.6 is 0 Å². The topological polar surface area (TPSA) is 58.6 Å². The van der Waals surface area contributed by atoms with Gasteiger partial charge in [0, 0.05) is 13.7 Å². The van der Waals surface area contributed by atoms with Crippen LogP contribution in [0.2, 0.25) is 0 Å². The maximum absolute atomic E-state index is 12.0. The molecule has 0 bridgehead atoms. The Morgan fingerprint density at radius 1 is 1.44 bits per heavy atom. The highest BCUT2D eigenvalue weighted by molar-refractivity contribution is 5.97. The molecule has 2 aliphatic rings. The van der Waals surface area contributed by atoms with Crippen LogP contribution in [0.1, 0.15) is 19.8 Å². The van der Waals surface area contributed by atoms with E-state index in [-0.39, 0.29) is 17.9 Å². The highest BCUT2D eigenvalue weighted by Crippen LogP contribution is 2.36. The van der Waals surface area contributed by atoms with Gasteiger partial charge in [-0.25, -0.2) is 0 Å². The summed E-state index contributed by atoms with van der Waals surface area (Å²) in [6, 6.07) is -0.668. The Morgan fingerprint density at radius 3 is 2.69 bits per heavy atom. The highest BCUT2D eigenvalue weighted by Gasteiger charge is 2.46. The molecule has 1 heterocycles. The number of nitrogens with one attached hydrogen (secondary N) is 1. The van der Waals surface area contributed by atoms with E-state index in [0.29, 0.717) is 19.1 Å². The van der Waals surface area contributed by atoms with Crippen molar-refractivity contribution in [2.75, 3.05) is 20.3 Å². The molecule has 0 spiro atoms. The van der Waals surface area contributed by atoms with Gasteiger partial charge < -0.3 is 15.0 Å². The first-order chi connectivity index (χ1) is 7.65. The summed E-state index contributed by atoms with van der Waals surface area (Å²) in [5.41, 5.74) is 0. The van der Waals surface area contributed by atoms with Gasteiger partial charge in [-0.1, -0.05) is 0 Å². The third-order valence-corrected chi connectivity index (χ3v) is 3.22. The van der Waals surface area contributed by atoms with E-state index < -0.39 is 6.04 Å². The summed E-state index contributed by atoms with van der Waals surface area (Å²) in [4.78, 5) is 25.5. The molecule has 0 aromatic rings. The predicted molar refractivity (Wildman–Crippen MR) is 57.7 cm³/mol. The van der Waals surface area contributed by atoms with Gasteiger partial charge in [0.25, 0.3) is 0 Å².